The first-order valence-corrected chi connectivity index (χ1v) is 12.2. The molecule has 2 amide bonds. The van der Waals surface area contributed by atoms with Gasteiger partial charge in [0.15, 0.2) is 5.13 Å². The SMILES string of the molecule is CC(=O)N(c1ccccc1)c1nc(C=CC(=O)N2CCN(CCOc3ccccc3)CC2)cs1. The maximum Gasteiger partial charge on any atom is 0.246 e. The lowest BCUT2D eigenvalue weighted by Gasteiger charge is -2.34. The molecule has 0 radical (unpaired) electrons. The quantitative estimate of drug-likeness (QED) is 0.459. The molecule has 0 N–H and O–H groups in total. The van der Waals surface area contributed by atoms with Gasteiger partial charge in [0, 0.05) is 51.1 Å². The van der Waals surface area contributed by atoms with Gasteiger partial charge in [-0.15, -0.1) is 11.3 Å². The molecule has 4 rings (SSSR count). The molecule has 0 atom stereocenters. The predicted octanol–water partition coefficient (Wildman–Crippen LogP) is 4.06. The monoisotopic (exact) mass is 476 g/mol. The summed E-state index contributed by atoms with van der Waals surface area (Å²) in [6.45, 7) is 5.99. The van der Waals surface area contributed by atoms with Gasteiger partial charge in [0.05, 0.1) is 11.4 Å². The van der Waals surface area contributed by atoms with Crippen LogP contribution in [-0.4, -0.2) is 65.9 Å². The molecule has 0 unspecified atom stereocenters. The molecule has 1 aliphatic heterocycles. The van der Waals surface area contributed by atoms with Crippen LogP contribution in [0.5, 0.6) is 5.75 Å². The van der Waals surface area contributed by atoms with Crippen molar-refractivity contribution in [3.05, 3.63) is 77.8 Å². The Morgan fingerprint density at radius 2 is 1.71 bits per heavy atom. The molecule has 3 aromatic rings. The fourth-order valence-electron chi connectivity index (χ4n) is 3.72. The van der Waals surface area contributed by atoms with Crippen molar-refractivity contribution in [1.82, 2.24) is 14.8 Å². The highest BCUT2D eigenvalue weighted by molar-refractivity contribution is 7.14. The first kappa shape index (κ1) is 23.7. The third-order valence-corrected chi connectivity index (χ3v) is 6.37. The normalized spacial score (nSPS) is 14.3. The first-order chi connectivity index (χ1) is 16.6. The van der Waals surface area contributed by atoms with E-state index in [9.17, 15) is 9.59 Å². The van der Waals surface area contributed by atoms with Gasteiger partial charge >= 0.3 is 0 Å². The number of anilines is 2. The number of piperazine rings is 1. The lowest BCUT2D eigenvalue weighted by molar-refractivity contribution is -0.127. The van der Waals surface area contributed by atoms with Gasteiger partial charge in [0.25, 0.3) is 0 Å². The minimum absolute atomic E-state index is 0.0266. The number of carbonyl (C=O) groups is 2. The number of hydrogen-bond acceptors (Lipinski definition) is 6. The molecule has 8 heteroatoms. The van der Waals surface area contributed by atoms with E-state index in [1.165, 1.54) is 18.3 Å². The van der Waals surface area contributed by atoms with E-state index in [2.05, 4.69) is 9.88 Å². The van der Waals surface area contributed by atoms with Gasteiger partial charge in [-0.05, 0) is 30.3 Å². The minimum Gasteiger partial charge on any atom is -0.492 e. The molecule has 1 aliphatic rings. The summed E-state index contributed by atoms with van der Waals surface area (Å²) in [7, 11) is 0. The second-order valence-corrected chi connectivity index (χ2v) is 8.74. The van der Waals surface area contributed by atoms with Gasteiger partial charge in [-0.1, -0.05) is 36.4 Å². The Labute approximate surface area is 203 Å². The third-order valence-electron chi connectivity index (χ3n) is 5.53. The molecule has 1 aromatic heterocycles. The van der Waals surface area contributed by atoms with Crippen molar-refractivity contribution in [3.63, 3.8) is 0 Å². The molecule has 2 aromatic carbocycles. The number of benzene rings is 2. The van der Waals surface area contributed by atoms with Crippen LogP contribution in [0.25, 0.3) is 6.08 Å². The van der Waals surface area contributed by atoms with Gasteiger partial charge < -0.3 is 9.64 Å². The highest BCUT2D eigenvalue weighted by atomic mass is 32.1. The lowest BCUT2D eigenvalue weighted by Crippen LogP contribution is -2.49. The first-order valence-electron chi connectivity index (χ1n) is 11.3. The number of thiazole rings is 1. The second-order valence-electron chi connectivity index (χ2n) is 7.91. The van der Waals surface area contributed by atoms with Crippen LogP contribution in [0.15, 0.2) is 72.1 Å². The van der Waals surface area contributed by atoms with E-state index in [1.807, 2.05) is 70.9 Å². The van der Waals surface area contributed by atoms with E-state index >= 15 is 0 Å². The molecule has 176 valence electrons. The summed E-state index contributed by atoms with van der Waals surface area (Å²) in [6, 6.07) is 19.2. The number of amides is 2. The zero-order chi connectivity index (χ0) is 23.8. The summed E-state index contributed by atoms with van der Waals surface area (Å²) in [5.74, 6) is 0.738. The van der Waals surface area contributed by atoms with Crippen molar-refractivity contribution in [1.29, 1.82) is 0 Å². The molecule has 34 heavy (non-hydrogen) atoms. The highest BCUT2D eigenvalue weighted by Gasteiger charge is 2.20. The highest BCUT2D eigenvalue weighted by Crippen LogP contribution is 2.29. The van der Waals surface area contributed by atoms with Crippen molar-refractivity contribution in [2.24, 2.45) is 0 Å². The molecular weight excluding hydrogens is 448 g/mol. The van der Waals surface area contributed by atoms with Crippen LogP contribution in [0.3, 0.4) is 0 Å². The topological polar surface area (TPSA) is 66.0 Å². The molecule has 2 heterocycles. The van der Waals surface area contributed by atoms with Crippen molar-refractivity contribution in [2.75, 3.05) is 44.2 Å². The number of nitrogens with zero attached hydrogens (tertiary/aromatic N) is 4. The van der Waals surface area contributed by atoms with E-state index in [4.69, 9.17) is 4.74 Å². The van der Waals surface area contributed by atoms with Crippen LogP contribution in [0, 0.1) is 0 Å². The van der Waals surface area contributed by atoms with Gasteiger partial charge in [-0.25, -0.2) is 4.98 Å². The van der Waals surface area contributed by atoms with Crippen LogP contribution in [0.1, 0.15) is 12.6 Å². The van der Waals surface area contributed by atoms with Gasteiger partial charge in [0.1, 0.15) is 12.4 Å². The Morgan fingerprint density at radius 1 is 1.03 bits per heavy atom. The van der Waals surface area contributed by atoms with E-state index in [1.54, 1.807) is 17.1 Å². The summed E-state index contributed by atoms with van der Waals surface area (Å²) in [5, 5.41) is 2.43. The number of carbonyl (C=O) groups excluding carboxylic acids is 2. The van der Waals surface area contributed by atoms with Crippen molar-refractivity contribution < 1.29 is 14.3 Å². The summed E-state index contributed by atoms with van der Waals surface area (Å²) < 4.78 is 5.77. The van der Waals surface area contributed by atoms with Gasteiger partial charge in [0.2, 0.25) is 11.8 Å². The predicted molar refractivity (Wildman–Crippen MR) is 135 cm³/mol. The molecule has 7 nitrogen and oxygen atoms in total. The molecular formula is C26H28N4O3S. The molecule has 0 bridgehead atoms. The van der Waals surface area contributed by atoms with Crippen LogP contribution in [-0.2, 0) is 9.59 Å². The van der Waals surface area contributed by atoms with Crippen molar-refractivity contribution >= 4 is 40.0 Å². The zero-order valence-electron chi connectivity index (χ0n) is 19.2. The van der Waals surface area contributed by atoms with E-state index in [0.717, 1.165) is 31.1 Å². The zero-order valence-corrected chi connectivity index (χ0v) is 20.0. The van der Waals surface area contributed by atoms with Crippen LogP contribution < -0.4 is 9.64 Å². The number of aromatic nitrogens is 1. The number of para-hydroxylation sites is 2. The van der Waals surface area contributed by atoms with Crippen LogP contribution >= 0.6 is 11.3 Å². The Balaban J connectivity index is 1.26. The Kier molecular flexibility index (Phi) is 8.06. The van der Waals surface area contributed by atoms with Gasteiger partial charge in [-0.3, -0.25) is 19.4 Å². The number of ether oxygens (including phenoxy) is 1. The standard InChI is InChI=1S/C26H28N4O3S/c1-21(31)30(23-8-4-2-5-9-23)26-27-22(20-34-26)12-13-25(32)29-16-14-28(15-17-29)18-19-33-24-10-6-3-7-11-24/h2-13,20H,14-19H2,1H3. The Morgan fingerprint density at radius 3 is 2.38 bits per heavy atom. The summed E-state index contributed by atoms with van der Waals surface area (Å²) in [4.78, 5) is 35.1. The minimum atomic E-state index is -0.112. The average molecular weight is 477 g/mol. The molecule has 0 spiro atoms. The summed E-state index contributed by atoms with van der Waals surface area (Å²) in [5.41, 5.74) is 1.43. The summed E-state index contributed by atoms with van der Waals surface area (Å²) >= 11 is 1.37. The fourth-order valence-corrected chi connectivity index (χ4v) is 4.58. The largest absolute Gasteiger partial charge is 0.492 e. The van der Waals surface area contributed by atoms with Crippen LogP contribution in [0.4, 0.5) is 10.8 Å². The molecule has 1 fully saturated rings. The second kappa shape index (κ2) is 11.6. The van der Waals surface area contributed by atoms with Crippen molar-refractivity contribution in [3.8, 4) is 5.75 Å². The van der Waals surface area contributed by atoms with E-state index in [-0.39, 0.29) is 11.8 Å². The Hall–Kier alpha value is -3.49. The van der Waals surface area contributed by atoms with Crippen LogP contribution in [0.2, 0.25) is 0 Å². The number of rotatable bonds is 8. The third kappa shape index (κ3) is 6.30. The summed E-state index contributed by atoms with van der Waals surface area (Å²) in [6.07, 6.45) is 3.28. The number of hydrogen-bond donors (Lipinski definition) is 0. The smallest absolute Gasteiger partial charge is 0.246 e. The molecule has 0 aliphatic carbocycles. The van der Waals surface area contributed by atoms with E-state index in [0.29, 0.717) is 30.5 Å². The van der Waals surface area contributed by atoms with Crippen molar-refractivity contribution in [2.45, 2.75) is 6.92 Å². The van der Waals surface area contributed by atoms with Gasteiger partial charge in [-0.2, -0.15) is 0 Å². The maximum absolute atomic E-state index is 12.7. The average Bonchev–Trinajstić information content (AvgIpc) is 3.32. The maximum atomic E-state index is 12.7. The van der Waals surface area contributed by atoms with E-state index < -0.39 is 0 Å². The fraction of sp³-hybridized carbons (Fsp3) is 0.269. The lowest BCUT2D eigenvalue weighted by atomic mass is 10.3. The molecule has 1 saturated heterocycles. The molecule has 0 saturated carbocycles. The Bertz CT molecular complexity index is 1110.